The molecule has 0 amide bonds. The van der Waals surface area contributed by atoms with E-state index in [0.717, 1.165) is 18.4 Å². The molecule has 2 aliphatic rings. The second kappa shape index (κ2) is 5.30. The Morgan fingerprint density at radius 3 is 2.45 bits per heavy atom. The number of esters is 1. The number of nitrogens with zero attached hydrogens (tertiary/aromatic N) is 1. The Kier molecular flexibility index (Phi) is 3.79. The van der Waals surface area contributed by atoms with Crippen LogP contribution in [0.25, 0.3) is 0 Å². The molecule has 0 saturated carbocycles. The third kappa shape index (κ3) is 2.08. The van der Waals surface area contributed by atoms with Gasteiger partial charge in [0, 0.05) is 15.7 Å². The minimum atomic E-state index is -0.453. The number of hydrogen-bond donors (Lipinski definition) is 0. The first-order chi connectivity index (χ1) is 9.58. The monoisotopic (exact) mass is 385 g/mol. The summed E-state index contributed by atoms with van der Waals surface area (Å²) in [6.45, 7) is 0. The minimum Gasteiger partial charge on any atom is -0.468 e. The van der Waals surface area contributed by atoms with Gasteiger partial charge in [-0.25, -0.2) is 0 Å². The number of fused-ring (bicyclic) bond motifs is 2. The average Bonchev–Trinajstić information content (AvgIpc) is 2.68. The molecule has 4 heteroatoms. The Balaban J connectivity index is 2.08. The van der Waals surface area contributed by atoms with E-state index < -0.39 is 5.41 Å². The van der Waals surface area contributed by atoms with Crippen LogP contribution in [0, 0.1) is 3.57 Å². The molecule has 2 aliphatic heterocycles. The van der Waals surface area contributed by atoms with Crippen LogP contribution in [0.4, 0.5) is 0 Å². The van der Waals surface area contributed by atoms with E-state index in [0.29, 0.717) is 12.1 Å². The summed E-state index contributed by atoms with van der Waals surface area (Å²) in [6.07, 6.45) is 4.16. The zero-order chi connectivity index (χ0) is 14.3. The molecular weight excluding hydrogens is 365 g/mol. The maximum atomic E-state index is 12.6. The third-order valence-electron chi connectivity index (χ3n) is 5.12. The Labute approximate surface area is 133 Å². The lowest BCUT2D eigenvalue weighted by Crippen LogP contribution is -2.52. The van der Waals surface area contributed by atoms with Crippen LogP contribution in [-0.4, -0.2) is 37.1 Å². The van der Waals surface area contributed by atoms with E-state index in [4.69, 9.17) is 4.74 Å². The normalized spacial score (nSPS) is 33.1. The minimum absolute atomic E-state index is 0.0633. The molecule has 0 spiro atoms. The molecule has 2 fully saturated rings. The van der Waals surface area contributed by atoms with Crippen LogP contribution in [0.3, 0.4) is 0 Å². The lowest BCUT2D eigenvalue weighted by atomic mass is 9.70. The molecule has 20 heavy (non-hydrogen) atoms. The van der Waals surface area contributed by atoms with Gasteiger partial charge < -0.3 is 9.64 Å². The lowest BCUT2D eigenvalue weighted by molar-refractivity contribution is -0.150. The topological polar surface area (TPSA) is 29.5 Å². The van der Waals surface area contributed by atoms with Crippen LogP contribution in [0.15, 0.2) is 24.3 Å². The summed E-state index contributed by atoms with van der Waals surface area (Å²) in [5.74, 6) is -0.0633. The molecule has 3 rings (SSSR count). The van der Waals surface area contributed by atoms with Gasteiger partial charge in [-0.05, 0) is 67.0 Å². The smallest absolute Gasteiger partial charge is 0.316 e. The van der Waals surface area contributed by atoms with Crippen LogP contribution in [0.5, 0.6) is 0 Å². The van der Waals surface area contributed by atoms with Crippen LogP contribution in [0.1, 0.15) is 31.2 Å². The van der Waals surface area contributed by atoms with Gasteiger partial charge >= 0.3 is 5.97 Å². The van der Waals surface area contributed by atoms with E-state index in [1.807, 2.05) is 12.1 Å². The SMILES string of the molecule is COC(=O)C1(c2ccccc2I)CC2CCC(C1)N2C. The van der Waals surface area contributed by atoms with Gasteiger partial charge in [0.15, 0.2) is 0 Å². The average molecular weight is 385 g/mol. The van der Waals surface area contributed by atoms with Crippen LogP contribution < -0.4 is 0 Å². The van der Waals surface area contributed by atoms with Crippen LogP contribution in [0.2, 0.25) is 0 Å². The van der Waals surface area contributed by atoms with Crippen molar-refractivity contribution < 1.29 is 9.53 Å². The van der Waals surface area contributed by atoms with Gasteiger partial charge in [0.25, 0.3) is 0 Å². The molecule has 2 bridgehead atoms. The van der Waals surface area contributed by atoms with Gasteiger partial charge in [0.05, 0.1) is 12.5 Å². The standard InChI is InChI=1S/C16H20INO2/c1-18-11-7-8-12(18)10-16(9-11,15(19)20-2)13-5-3-4-6-14(13)17/h3-6,11-12H,7-10H2,1-2H3. The fourth-order valence-corrected chi connectivity index (χ4v) is 4.91. The zero-order valence-electron chi connectivity index (χ0n) is 11.9. The largest absolute Gasteiger partial charge is 0.468 e. The summed E-state index contributed by atoms with van der Waals surface area (Å²) in [7, 11) is 3.71. The van der Waals surface area contributed by atoms with Gasteiger partial charge in [0.2, 0.25) is 0 Å². The number of piperidine rings is 1. The van der Waals surface area contributed by atoms with Crippen LogP contribution >= 0.6 is 22.6 Å². The van der Waals surface area contributed by atoms with Crippen molar-refractivity contribution in [1.29, 1.82) is 0 Å². The molecule has 1 aromatic carbocycles. The van der Waals surface area contributed by atoms with Gasteiger partial charge in [-0.3, -0.25) is 4.79 Å². The summed E-state index contributed by atoms with van der Waals surface area (Å²) in [4.78, 5) is 15.1. The maximum absolute atomic E-state index is 12.6. The van der Waals surface area contributed by atoms with Gasteiger partial charge in [0.1, 0.15) is 0 Å². The zero-order valence-corrected chi connectivity index (χ0v) is 14.1. The fraction of sp³-hybridized carbons (Fsp3) is 0.562. The van der Waals surface area contributed by atoms with Crippen molar-refractivity contribution in [1.82, 2.24) is 4.90 Å². The second-order valence-corrected chi connectivity index (χ2v) is 7.17. The molecule has 2 saturated heterocycles. The quantitative estimate of drug-likeness (QED) is 0.579. The molecule has 0 aromatic heterocycles. The van der Waals surface area contributed by atoms with Crippen molar-refractivity contribution >= 4 is 28.6 Å². The molecule has 108 valence electrons. The Morgan fingerprint density at radius 2 is 1.90 bits per heavy atom. The first kappa shape index (κ1) is 14.3. The molecule has 1 aromatic rings. The van der Waals surface area contributed by atoms with Crippen molar-refractivity contribution in [3.8, 4) is 0 Å². The van der Waals surface area contributed by atoms with E-state index in [2.05, 4.69) is 46.7 Å². The molecule has 0 radical (unpaired) electrons. The van der Waals surface area contributed by atoms with Crippen molar-refractivity contribution in [2.45, 2.75) is 43.2 Å². The number of halogens is 1. The molecule has 2 unspecified atom stereocenters. The highest BCUT2D eigenvalue weighted by Crippen LogP contribution is 2.48. The van der Waals surface area contributed by atoms with Gasteiger partial charge in [-0.2, -0.15) is 0 Å². The number of carbonyl (C=O) groups is 1. The van der Waals surface area contributed by atoms with Gasteiger partial charge in [-0.15, -0.1) is 0 Å². The number of benzene rings is 1. The summed E-state index contributed by atoms with van der Waals surface area (Å²) < 4.78 is 6.37. The molecule has 2 atom stereocenters. The molecule has 0 aliphatic carbocycles. The van der Waals surface area contributed by atoms with Gasteiger partial charge in [-0.1, -0.05) is 18.2 Å². The van der Waals surface area contributed by atoms with E-state index in [-0.39, 0.29) is 5.97 Å². The predicted molar refractivity (Wildman–Crippen MR) is 86.7 cm³/mol. The summed E-state index contributed by atoms with van der Waals surface area (Å²) in [6, 6.07) is 9.25. The summed E-state index contributed by atoms with van der Waals surface area (Å²) in [5, 5.41) is 0. The Hall–Kier alpha value is -0.620. The number of ether oxygens (including phenoxy) is 1. The van der Waals surface area contributed by atoms with E-state index in [9.17, 15) is 4.79 Å². The fourth-order valence-electron chi connectivity index (χ4n) is 4.01. The van der Waals surface area contributed by atoms with E-state index >= 15 is 0 Å². The first-order valence-electron chi connectivity index (χ1n) is 7.14. The molecule has 0 N–H and O–H groups in total. The first-order valence-corrected chi connectivity index (χ1v) is 8.22. The van der Waals surface area contributed by atoms with Crippen molar-refractivity contribution in [2.75, 3.05) is 14.2 Å². The van der Waals surface area contributed by atoms with Crippen molar-refractivity contribution in [3.63, 3.8) is 0 Å². The summed E-state index contributed by atoms with van der Waals surface area (Å²) in [5.41, 5.74) is 0.697. The van der Waals surface area contributed by atoms with E-state index in [1.54, 1.807) is 0 Å². The number of rotatable bonds is 2. The molecule has 2 heterocycles. The van der Waals surface area contributed by atoms with Crippen LogP contribution in [-0.2, 0) is 14.9 Å². The lowest BCUT2D eigenvalue weighted by Gasteiger charge is -2.44. The number of carbonyl (C=O) groups excluding carboxylic acids is 1. The highest BCUT2D eigenvalue weighted by molar-refractivity contribution is 14.1. The number of methoxy groups -OCH3 is 1. The number of hydrogen-bond acceptors (Lipinski definition) is 3. The molecule has 3 nitrogen and oxygen atoms in total. The maximum Gasteiger partial charge on any atom is 0.316 e. The third-order valence-corrected chi connectivity index (χ3v) is 6.06. The molecular formula is C16H20INO2. The highest BCUT2D eigenvalue weighted by Gasteiger charge is 2.53. The summed E-state index contributed by atoms with van der Waals surface area (Å²) >= 11 is 2.34. The van der Waals surface area contributed by atoms with Crippen molar-refractivity contribution in [3.05, 3.63) is 33.4 Å². The Morgan fingerprint density at radius 1 is 1.30 bits per heavy atom. The van der Waals surface area contributed by atoms with E-state index in [1.165, 1.54) is 23.5 Å². The second-order valence-electron chi connectivity index (χ2n) is 6.01. The predicted octanol–water partition coefficient (Wildman–Crippen LogP) is 2.96. The Bertz CT molecular complexity index is 517. The highest BCUT2D eigenvalue weighted by atomic mass is 127. The van der Waals surface area contributed by atoms with Crippen molar-refractivity contribution in [2.24, 2.45) is 0 Å².